The number of amides is 1. The van der Waals surface area contributed by atoms with Crippen molar-refractivity contribution in [3.8, 4) is 5.75 Å². The number of benzene rings is 1. The van der Waals surface area contributed by atoms with Gasteiger partial charge in [0, 0.05) is 12.5 Å². The van der Waals surface area contributed by atoms with Gasteiger partial charge in [-0.2, -0.15) is 0 Å². The molecule has 6 heteroatoms. The second-order valence-corrected chi connectivity index (χ2v) is 6.03. The number of hydrogen-bond donors (Lipinski definition) is 2. The van der Waals surface area contributed by atoms with Crippen molar-refractivity contribution in [3.05, 3.63) is 18.2 Å². The van der Waals surface area contributed by atoms with E-state index in [0.29, 0.717) is 18.2 Å². The zero-order chi connectivity index (χ0) is 15.2. The average molecular weight is 307 g/mol. The maximum absolute atomic E-state index is 11.8. The smallest absolute Gasteiger partial charge is 0.226 e. The van der Waals surface area contributed by atoms with Gasteiger partial charge in [0.15, 0.2) is 5.13 Å². The molecule has 0 aliphatic rings. The van der Waals surface area contributed by atoms with Gasteiger partial charge < -0.3 is 15.8 Å². The van der Waals surface area contributed by atoms with Crippen LogP contribution >= 0.6 is 11.3 Å². The first-order chi connectivity index (χ1) is 10.1. The second kappa shape index (κ2) is 7.38. The minimum Gasteiger partial charge on any atom is -0.494 e. The number of thiazole rings is 1. The van der Waals surface area contributed by atoms with Crippen LogP contribution in [0.5, 0.6) is 5.75 Å². The molecule has 1 amide bonds. The highest BCUT2D eigenvalue weighted by molar-refractivity contribution is 7.22. The number of carbonyl (C=O) groups is 1. The van der Waals surface area contributed by atoms with E-state index in [1.54, 1.807) is 0 Å². The van der Waals surface area contributed by atoms with E-state index in [0.717, 1.165) is 28.8 Å². The minimum absolute atomic E-state index is 0.0141. The van der Waals surface area contributed by atoms with Crippen LogP contribution < -0.4 is 15.8 Å². The first-order valence-electron chi connectivity index (χ1n) is 7.17. The van der Waals surface area contributed by atoms with Gasteiger partial charge >= 0.3 is 0 Å². The predicted molar refractivity (Wildman–Crippen MR) is 86.9 cm³/mol. The van der Waals surface area contributed by atoms with Crippen LogP contribution in [-0.2, 0) is 4.79 Å². The van der Waals surface area contributed by atoms with Crippen molar-refractivity contribution in [2.24, 2.45) is 5.73 Å². The molecule has 0 aliphatic heterocycles. The molecule has 5 nitrogen and oxygen atoms in total. The third kappa shape index (κ3) is 4.68. The molecule has 1 atom stereocenters. The fourth-order valence-corrected chi connectivity index (χ4v) is 2.89. The van der Waals surface area contributed by atoms with Gasteiger partial charge in [-0.25, -0.2) is 4.98 Å². The molecule has 1 aromatic heterocycles. The van der Waals surface area contributed by atoms with Crippen LogP contribution in [0.1, 0.15) is 33.1 Å². The molecule has 0 saturated carbocycles. The first-order valence-corrected chi connectivity index (χ1v) is 7.99. The average Bonchev–Trinajstić information content (AvgIpc) is 2.80. The van der Waals surface area contributed by atoms with E-state index in [4.69, 9.17) is 10.5 Å². The van der Waals surface area contributed by atoms with Crippen LogP contribution in [0.2, 0.25) is 0 Å². The SMILES string of the molecule is CCOc1ccc2nc(NC(=O)CCCC(C)N)sc2c1. The Bertz CT molecular complexity index is 610. The van der Waals surface area contributed by atoms with Crippen LogP contribution in [0, 0.1) is 0 Å². The molecule has 0 saturated heterocycles. The van der Waals surface area contributed by atoms with Gasteiger partial charge in [-0.05, 0) is 44.9 Å². The molecule has 2 aromatic rings. The van der Waals surface area contributed by atoms with Crippen LogP contribution in [0.15, 0.2) is 18.2 Å². The predicted octanol–water partition coefficient (Wildman–Crippen LogP) is 3.15. The number of nitrogens with one attached hydrogen (secondary N) is 1. The molecule has 1 heterocycles. The molecule has 1 aromatic carbocycles. The highest BCUT2D eigenvalue weighted by Gasteiger charge is 2.09. The Morgan fingerprint density at radius 3 is 3.05 bits per heavy atom. The molecule has 0 aliphatic carbocycles. The number of anilines is 1. The highest BCUT2D eigenvalue weighted by atomic mass is 32.1. The number of hydrogen-bond acceptors (Lipinski definition) is 5. The third-order valence-electron chi connectivity index (χ3n) is 2.98. The summed E-state index contributed by atoms with van der Waals surface area (Å²) in [5.74, 6) is 0.809. The van der Waals surface area contributed by atoms with E-state index >= 15 is 0 Å². The van der Waals surface area contributed by atoms with Gasteiger partial charge in [0.05, 0.1) is 16.8 Å². The number of ether oxygens (including phenoxy) is 1. The molecule has 114 valence electrons. The number of fused-ring (bicyclic) bond motifs is 1. The van der Waals surface area contributed by atoms with E-state index in [2.05, 4.69) is 10.3 Å². The summed E-state index contributed by atoms with van der Waals surface area (Å²) < 4.78 is 6.47. The molecular weight excluding hydrogens is 286 g/mol. The van der Waals surface area contributed by atoms with Gasteiger partial charge in [0.25, 0.3) is 0 Å². The van der Waals surface area contributed by atoms with Gasteiger partial charge in [-0.15, -0.1) is 0 Å². The van der Waals surface area contributed by atoms with Crippen molar-refractivity contribution < 1.29 is 9.53 Å². The van der Waals surface area contributed by atoms with Crippen molar-refractivity contribution in [2.45, 2.75) is 39.2 Å². The van der Waals surface area contributed by atoms with Gasteiger partial charge in [0.1, 0.15) is 5.75 Å². The van der Waals surface area contributed by atoms with E-state index in [-0.39, 0.29) is 11.9 Å². The summed E-state index contributed by atoms with van der Waals surface area (Å²) in [5.41, 5.74) is 6.54. The number of nitrogens with zero attached hydrogens (tertiary/aromatic N) is 1. The van der Waals surface area contributed by atoms with Crippen LogP contribution in [0.25, 0.3) is 10.2 Å². The Morgan fingerprint density at radius 2 is 2.33 bits per heavy atom. The Labute approximate surface area is 128 Å². The Kier molecular flexibility index (Phi) is 5.52. The van der Waals surface area contributed by atoms with Gasteiger partial charge in [-0.1, -0.05) is 11.3 Å². The van der Waals surface area contributed by atoms with Crippen LogP contribution in [0.4, 0.5) is 5.13 Å². The third-order valence-corrected chi connectivity index (χ3v) is 3.91. The monoisotopic (exact) mass is 307 g/mol. The molecule has 0 radical (unpaired) electrons. The van der Waals surface area contributed by atoms with Crippen molar-refractivity contribution >= 4 is 32.6 Å². The maximum atomic E-state index is 11.8. The zero-order valence-corrected chi connectivity index (χ0v) is 13.2. The molecule has 2 rings (SSSR count). The van der Waals surface area contributed by atoms with Crippen molar-refractivity contribution in [3.63, 3.8) is 0 Å². The lowest BCUT2D eigenvalue weighted by Crippen LogP contribution is -2.16. The zero-order valence-electron chi connectivity index (χ0n) is 12.4. The van der Waals surface area contributed by atoms with Gasteiger partial charge in [0.2, 0.25) is 5.91 Å². The van der Waals surface area contributed by atoms with Gasteiger partial charge in [-0.3, -0.25) is 4.79 Å². The van der Waals surface area contributed by atoms with E-state index < -0.39 is 0 Å². The lowest BCUT2D eigenvalue weighted by Gasteiger charge is -2.04. The summed E-state index contributed by atoms with van der Waals surface area (Å²) in [4.78, 5) is 16.2. The summed E-state index contributed by atoms with van der Waals surface area (Å²) in [7, 11) is 0. The quantitative estimate of drug-likeness (QED) is 0.823. The number of aromatic nitrogens is 1. The van der Waals surface area contributed by atoms with Crippen LogP contribution in [-0.4, -0.2) is 23.5 Å². The Morgan fingerprint density at radius 1 is 1.52 bits per heavy atom. The first kappa shape index (κ1) is 15.7. The second-order valence-electron chi connectivity index (χ2n) is 5.00. The molecule has 0 bridgehead atoms. The summed E-state index contributed by atoms with van der Waals surface area (Å²) in [6.07, 6.45) is 2.12. The normalized spacial score (nSPS) is 12.3. The van der Waals surface area contributed by atoms with E-state index in [1.165, 1.54) is 11.3 Å². The Hall–Kier alpha value is -1.66. The fraction of sp³-hybridized carbons (Fsp3) is 0.467. The van der Waals surface area contributed by atoms with E-state index in [1.807, 2.05) is 32.0 Å². The summed E-state index contributed by atoms with van der Waals surface area (Å²) in [6.45, 7) is 4.53. The molecule has 1 unspecified atom stereocenters. The number of carbonyl (C=O) groups excluding carboxylic acids is 1. The van der Waals surface area contributed by atoms with Crippen molar-refractivity contribution in [1.29, 1.82) is 0 Å². The summed E-state index contributed by atoms with van der Waals surface area (Å²) in [6, 6.07) is 5.88. The highest BCUT2D eigenvalue weighted by Crippen LogP contribution is 2.29. The lowest BCUT2D eigenvalue weighted by atomic mass is 10.1. The molecular formula is C15H21N3O2S. The van der Waals surface area contributed by atoms with Crippen molar-refractivity contribution in [2.75, 3.05) is 11.9 Å². The largest absolute Gasteiger partial charge is 0.494 e. The number of nitrogens with two attached hydrogens (primary N) is 1. The topological polar surface area (TPSA) is 77.2 Å². The molecule has 21 heavy (non-hydrogen) atoms. The number of rotatable bonds is 7. The maximum Gasteiger partial charge on any atom is 0.226 e. The standard InChI is InChI=1S/C15H21N3O2S/c1-3-20-11-7-8-12-13(9-11)21-15(17-12)18-14(19)6-4-5-10(2)16/h7-10H,3-6,16H2,1-2H3,(H,17,18,19). The Balaban J connectivity index is 1.97. The minimum atomic E-state index is -0.0141. The fourth-order valence-electron chi connectivity index (χ4n) is 1.98. The van der Waals surface area contributed by atoms with Crippen molar-refractivity contribution in [1.82, 2.24) is 4.98 Å². The lowest BCUT2D eigenvalue weighted by molar-refractivity contribution is -0.116. The molecule has 0 spiro atoms. The van der Waals surface area contributed by atoms with E-state index in [9.17, 15) is 4.79 Å². The molecule has 3 N–H and O–H groups in total. The molecule has 0 fully saturated rings. The van der Waals surface area contributed by atoms with Crippen LogP contribution in [0.3, 0.4) is 0 Å². The summed E-state index contributed by atoms with van der Waals surface area (Å²) >= 11 is 1.46. The summed E-state index contributed by atoms with van der Waals surface area (Å²) in [5, 5.41) is 3.47.